The van der Waals surface area contributed by atoms with Crippen LogP contribution in [0.1, 0.15) is 36.7 Å². The van der Waals surface area contributed by atoms with Gasteiger partial charge in [0.25, 0.3) is 0 Å². The third kappa shape index (κ3) is 2.99. The van der Waals surface area contributed by atoms with Crippen molar-refractivity contribution in [2.24, 2.45) is 7.05 Å². The number of benzene rings is 1. The Morgan fingerprint density at radius 2 is 1.83 bits per heavy atom. The Labute approximate surface area is 109 Å². The van der Waals surface area contributed by atoms with Crippen LogP contribution in [0, 0.1) is 0 Å². The second-order valence-corrected chi connectivity index (χ2v) is 4.65. The highest BCUT2D eigenvalue weighted by Gasteiger charge is 2.08. The molecule has 0 spiro atoms. The summed E-state index contributed by atoms with van der Waals surface area (Å²) in [4.78, 5) is 0. The molecule has 3 heteroatoms. The van der Waals surface area contributed by atoms with E-state index in [0.717, 1.165) is 13.0 Å². The van der Waals surface area contributed by atoms with Crippen LogP contribution >= 0.6 is 0 Å². The maximum atomic E-state index is 4.19. The maximum absolute atomic E-state index is 4.19. The number of hydrogen-bond acceptors (Lipinski definition) is 2. The van der Waals surface area contributed by atoms with E-state index in [0.29, 0.717) is 6.04 Å². The molecule has 0 radical (unpaired) electrons. The molecule has 0 bridgehead atoms. The zero-order chi connectivity index (χ0) is 13.0. The molecule has 0 aliphatic rings. The molecule has 2 aromatic rings. The van der Waals surface area contributed by atoms with Gasteiger partial charge in [-0.25, -0.2) is 0 Å². The highest BCUT2D eigenvalue weighted by molar-refractivity contribution is 5.22. The minimum Gasteiger partial charge on any atom is -0.305 e. The Kier molecular flexibility index (Phi) is 4.15. The number of nitrogens with one attached hydrogen (secondary N) is 1. The Hall–Kier alpha value is -1.61. The lowest BCUT2D eigenvalue weighted by molar-refractivity contribution is 0.530. The van der Waals surface area contributed by atoms with Crippen molar-refractivity contribution in [1.29, 1.82) is 0 Å². The first-order chi connectivity index (χ1) is 8.70. The van der Waals surface area contributed by atoms with Crippen molar-refractivity contribution >= 4 is 0 Å². The van der Waals surface area contributed by atoms with E-state index in [9.17, 15) is 0 Å². The Balaban J connectivity index is 1.93. The summed E-state index contributed by atoms with van der Waals surface area (Å²) in [5.41, 5.74) is 3.92. The predicted molar refractivity (Wildman–Crippen MR) is 74.3 cm³/mol. The lowest BCUT2D eigenvalue weighted by atomic mass is 10.1. The van der Waals surface area contributed by atoms with Gasteiger partial charge in [-0.2, -0.15) is 5.10 Å². The van der Waals surface area contributed by atoms with E-state index in [1.807, 2.05) is 17.9 Å². The molecule has 0 aliphatic carbocycles. The Bertz CT molecular complexity index is 485. The average Bonchev–Trinajstić information content (AvgIpc) is 2.83. The minimum atomic E-state index is 0.309. The van der Waals surface area contributed by atoms with E-state index < -0.39 is 0 Å². The van der Waals surface area contributed by atoms with Crippen molar-refractivity contribution in [1.82, 2.24) is 15.1 Å². The van der Waals surface area contributed by atoms with Crippen molar-refractivity contribution in [3.8, 4) is 0 Å². The number of aryl methyl sites for hydroxylation is 2. The third-order valence-corrected chi connectivity index (χ3v) is 3.35. The summed E-state index contributed by atoms with van der Waals surface area (Å²) in [6.45, 7) is 5.23. The molecular weight excluding hydrogens is 222 g/mol. The van der Waals surface area contributed by atoms with Crippen LogP contribution in [-0.2, 0) is 20.0 Å². The number of aromatic nitrogens is 2. The van der Waals surface area contributed by atoms with Gasteiger partial charge in [0.15, 0.2) is 0 Å². The SMILES string of the molecule is CCc1ccc(CNC(C)c2ccnn2C)cc1. The second kappa shape index (κ2) is 5.83. The van der Waals surface area contributed by atoms with E-state index in [4.69, 9.17) is 0 Å². The normalized spacial score (nSPS) is 12.6. The van der Waals surface area contributed by atoms with E-state index in [-0.39, 0.29) is 0 Å². The highest BCUT2D eigenvalue weighted by atomic mass is 15.3. The van der Waals surface area contributed by atoms with Gasteiger partial charge < -0.3 is 5.32 Å². The highest BCUT2D eigenvalue weighted by Crippen LogP contribution is 2.12. The number of rotatable bonds is 5. The Morgan fingerprint density at radius 1 is 1.17 bits per heavy atom. The fraction of sp³-hybridized carbons (Fsp3) is 0.400. The lowest BCUT2D eigenvalue weighted by Crippen LogP contribution is -2.20. The molecule has 0 aliphatic heterocycles. The molecule has 1 N–H and O–H groups in total. The predicted octanol–water partition coefficient (Wildman–Crippen LogP) is 2.83. The van der Waals surface area contributed by atoms with Gasteiger partial charge in [0.05, 0.1) is 5.69 Å². The van der Waals surface area contributed by atoms with E-state index in [2.05, 4.69) is 54.6 Å². The van der Waals surface area contributed by atoms with E-state index >= 15 is 0 Å². The molecule has 1 atom stereocenters. The summed E-state index contributed by atoms with van der Waals surface area (Å²) in [6.07, 6.45) is 2.93. The molecule has 0 saturated heterocycles. The van der Waals surface area contributed by atoms with Crippen molar-refractivity contribution in [3.63, 3.8) is 0 Å². The van der Waals surface area contributed by atoms with Crippen molar-refractivity contribution in [2.75, 3.05) is 0 Å². The van der Waals surface area contributed by atoms with Gasteiger partial charge in [0.1, 0.15) is 0 Å². The smallest absolute Gasteiger partial charge is 0.0547 e. The van der Waals surface area contributed by atoms with Gasteiger partial charge >= 0.3 is 0 Å². The first-order valence-corrected chi connectivity index (χ1v) is 6.49. The van der Waals surface area contributed by atoms with Gasteiger partial charge in [-0.05, 0) is 30.5 Å². The summed E-state index contributed by atoms with van der Waals surface area (Å²) in [6, 6.07) is 11.2. The van der Waals surface area contributed by atoms with E-state index in [1.165, 1.54) is 16.8 Å². The van der Waals surface area contributed by atoms with Crippen molar-refractivity contribution in [2.45, 2.75) is 32.9 Å². The zero-order valence-electron chi connectivity index (χ0n) is 11.4. The molecule has 96 valence electrons. The van der Waals surface area contributed by atoms with Crippen LogP contribution in [0.2, 0.25) is 0 Å². The van der Waals surface area contributed by atoms with Crippen molar-refractivity contribution < 1.29 is 0 Å². The fourth-order valence-corrected chi connectivity index (χ4v) is 2.08. The zero-order valence-corrected chi connectivity index (χ0v) is 11.4. The molecule has 1 heterocycles. The summed E-state index contributed by atoms with van der Waals surface area (Å²) in [7, 11) is 1.98. The summed E-state index contributed by atoms with van der Waals surface area (Å²) >= 11 is 0. The van der Waals surface area contributed by atoms with Crippen molar-refractivity contribution in [3.05, 3.63) is 53.3 Å². The first-order valence-electron chi connectivity index (χ1n) is 6.49. The summed E-state index contributed by atoms with van der Waals surface area (Å²) < 4.78 is 1.91. The topological polar surface area (TPSA) is 29.9 Å². The van der Waals surface area contributed by atoms with Crippen LogP contribution < -0.4 is 5.32 Å². The van der Waals surface area contributed by atoms with Gasteiger partial charge in [0.2, 0.25) is 0 Å². The third-order valence-electron chi connectivity index (χ3n) is 3.35. The molecule has 0 saturated carbocycles. The lowest BCUT2D eigenvalue weighted by Gasteiger charge is -2.14. The van der Waals surface area contributed by atoms with E-state index in [1.54, 1.807) is 0 Å². The molecule has 1 unspecified atom stereocenters. The van der Waals surface area contributed by atoms with Crippen LogP contribution in [0.15, 0.2) is 36.5 Å². The summed E-state index contributed by atoms with van der Waals surface area (Å²) in [5.74, 6) is 0. The largest absolute Gasteiger partial charge is 0.305 e. The standard InChI is InChI=1S/C15H21N3/c1-4-13-5-7-14(8-6-13)11-16-12(2)15-9-10-17-18(15)3/h5-10,12,16H,4,11H2,1-3H3. The summed E-state index contributed by atoms with van der Waals surface area (Å²) in [5, 5.41) is 7.71. The first kappa shape index (κ1) is 12.8. The molecule has 18 heavy (non-hydrogen) atoms. The second-order valence-electron chi connectivity index (χ2n) is 4.65. The Morgan fingerprint density at radius 3 is 2.39 bits per heavy atom. The minimum absolute atomic E-state index is 0.309. The van der Waals surface area contributed by atoms with Crippen LogP contribution in [-0.4, -0.2) is 9.78 Å². The molecule has 1 aromatic carbocycles. The number of nitrogens with zero attached hydrogens (tertiary/aromatic N) is 2. The van der Waals surface area contributed by atoms with Crippen LogP contribution in [0.25, 0.3) is 0 Å². The molecular formula is C15H21N3. The van der Waals surface area contributed by atoms with Gasteiger partial charge in [-0.15, -0.1) is 0 Å². The van der Waals surface area contributed by atoms with Gasteiger partial charge in [-0.1, -0.05) is 31.2 Å². The molecule has 2 rings (SSSR count). The molecule has 0 fully saturated rings. The quantitative estimate of drug-likeness (QED) is 0.875. The molecule has 0 amide bonds. The average molecular weight is 243 g/mol. The molecule has 1 aromatic heterocycles. The maximum Gasteiger partial charge on any atom is 0.0547 e. The molecule has 3 nitrogen and oxygen atoms in total. The monoisotopic (exact) mass is 243 g/mol. The fourth-order valence-electron chi connectivity index (χ4n) is 2.08. The van der Waals surface area contributed by atoms with Gasteiger partial charge in [0, 0.05) is 25.8 Å². The van der Waals surface area contributed by atoms with Crippen LogP contribution in [0.4, 0.5) is 0 Å². The van der Waals surface area contributed by atoms with Crippen LogP contribution in [0.5, 0.6) is 0 Å². The van der Waals surface area contributed by atoms with Crippen LogP contribution in [0.3, 0.4) is 0 Å². The number of hydrogen-bond donors (Lipinski definition) is 1. The van der Waals surface area contributed by atoms with Gasteiger partial charge in [-0.3, -0.25) is 4.68 Å².